The van der Waals surface area contributed by atoms with Crippen LogP contribution in [0, 0.1) is 0 Å². The Balaban J connectivity index is 1.66. The van der Waals surface area contributed by atoms with Crippen molar-refractivity contribution in [3.8, 4) is 17.2 Å². The Hall–Kier alpha value is -1.83. The van der Waals surface area contributed by atoms with Gasteiger partial charge in [0.15, 0.2) is 0 Å². The Morgan fingerprint density at radius 2 is 0.730 bits per heavy atom. The summed E-state index contributed by atoms with van der Waals surface area (Å²) in [4.78, 5) is 3.73. The molecule has 0 unspecified atom stereocenters. The summed E-state index contributed by atoms with van der Waals surface area (Å²) in [5.74, 6) is 5.52. The summed E-state index contributed by atoms with van der Waals surface area (Å²) in [5, 5.41) is 0. The average molecular weight is 555 g/mol. The van der Waals surface area contributed by atoms with Gasteiger partial charge in [0.1, 0.15) is 17.2 Å². The van der Waals surface area contributed by atoms with E-state index in [4.69, 9.17) is 14.0 Å². The highest BCUT2D eigenvalue weighted by Crippen LogP contribution is 2.27. The molecule has 0 heterocycles. The molecule has 0 fully saturated rings. The molecule has 0 aliphatic carbocycles. The molecule has 0 bridgehead atoms. The quantitative estimate of drug-likeness (QED) is 0.0883. The van der Waals surface area contributed by atoms with Gasteiger partial charge in [0.25, 0.3) is 0 Å². The summed E-state index contributed by atoms with van der Waals surface area (Å²) >= 11 is 5.62. The van der Waals surface area contributed by atoms with Crippen LogP contribution >= 0.6 is 35.3 Å². The van der Waals surface area contributed by atoms with Crippen LogP contribution in [0.5, 0.6) is 17.2 Å². The van der Waals surface area contributed by atoms with Crippen molar-refractivity contribution in [2.75, 3.05) is 17.3 Å². The highest BCUT2D eigenvalue weighted by atomic mass is 32.2. The van der Waals surface area contributed by atoms with E-state index in [1.165, 1.54) is 53.2 Å². The molecule has 0 radical (unpaired) electrons. The van der Waals surface area contributed by atoms with Crippen LogP contribution in [0.1, 0.15) is 59.3 Å². The second-order valence-corrected chi connectivity index (χ2v) is 12.2. The maximum Gasteiger partial charge on any atom is 0.864 e. The van der Waals surface area contributed by atoms with E-state index in [-0.39, 0.29) is 0 Å². The van der Waals surface area contributed by atoms with E-state index in [9.17, 15) is 0 Å². The minimum Gasteiger partial charge on any atom is -0.490 e. The molecule has 0 aliphatic heterocycles. The Labute approximate surface area is 237 Å². The van der Waals surface area contributed by atoms with Crippen molar-refractivity contribution < 1.29 is 14.0 Å². The first-order valence-electron chi connectivity index (χ1n) is 13.4. The molecule has 0 aromatic heterocycles. The monoisotopic (exact) mass is 554 g/mol. The van der Waals surface area contributed by atoms with Gasteiger partial charge in [0.2, 0.25) is 0 Å². The molecule has 0 saturated heterocycles. The summed E-state index contributed by atoms with van der Waals surface area (Å²) in [7, 11) is -0.907. The third kappa shape index (κ3) is 11.6. The van der Waals surface area contributed by atoms with Crippen LogP contribution in [-0.4, -0.2) is 24.6 Å². The van der Waals surface area contributed by atoms with Crippen molar-refractivity contribution in [1.29, 1.82) is 0 Å². The van der Waals surface area contributed by atoms with Crippen molar-refractivity contribution in [3.63, 3.8) is 0 Å². The van der Waals surface area contributed by atoms with Crippen LogP contribution in [0.4, 0.5) is 0 Å². The predicted octanol–water partition coefficient (Wildman–Crippen LogP) is 9.88. The summed E-state index contributed by atoms with van der Waals surface area (Å²) in [6, 6.07) is 24.5. The molecule has 0 atom stereocenters. The van der Waals surface area contributed by atoms with Crippen LogP contribution in [0.3, 0.4) is 0 Å². The SMILES string of the molecule is CCCCSc1ccc(OB(Oc2ccc(SCCCC)cc2)Oc2ccc(SCCCC)cc2)cc1. The molecule has 3 nitrogen and oxygen atoms in total. The van der Waals surface area contributed by atoms with E-state index in [1.807, 2.05) is 71.7 Å². The molecule has 3 aromatic rings. The van der Waals surface area contributed by atoms with Crippen molar-refractivity contribution in [3.05, 3.63) is 72.8 Å². The van der Waals surface area contributed by atoms with Crippen LogP contribution in [0.25, 0.3) is 0 Å². The molecule has 0 amide bonds. The summed E-state index contributed by atoms with van der Waals surface area (Å²) in [5.41, 5.74) is 0. The lowest BCUT2D eigenvalue weighted by Crippen LogP contribution is -2.36. The minimum atomic E-state index is -0.907. The maximum atomic E-state index is 6.16. The molecule has 0 aliphatic rings. The first-order valence-corrected chi connectivity index (χ1v) is 16.3. The largest absolute Gasteiger partial charge is 0.864 e. The van der Waals surface area contributed by atoms with Crippen molar-refractivity contribution in [1.82, 2.24) is 0 Å². The van der Waals surface area contributed by atoms with Gasteiger partial charge in [-0.3, -0.25) is 0 Å². The molecule has 3 rings (SSSR count). The molecule has 3 aromatic carbocycles. The van der Waals surface area contributed by atoms with Gasteiger partial charge < -0.3 is 14.0 Å². The second kappa shape index (κ2) is 17.6. The number of thioether (sulfide) groups is 3. The fourth-order valence-electron chi connectivity index (χ4n) is 3.25. The average Bonchev–Trinajstić information content (AvgIpc) is 2.92. The van der Waals surface area contributed by atoms with Gasteiger partial charge >= 0.3 is 7.32 Å². The molecular weight excluding hydrogens is 515 g/mol. The zero-order valence-corrected chi connectivity index (χ0v) is 24.8. The number of rotatable bonds is 18. The Kier molecular flexibility index (Phi) is 14.2. The lowest BCUT2D eigenvalue weighted by molar-refractivity contribution is 0.307. The number of benzene rings is 3. The van der Waals surface area contributed by atoms with Gasteiger partial charge in [0, 0.05) is 14.7 Å². The molecule has 198 valence electrons. The number of hydrogen-bond donors (Lipinski definition) is 0. The molecule has 37 heavy (non-hydrogen) atoms. The highest BCUT2D eigenvalue weighted by molar-refractivity contribution is 7.99. The lowest BCUT2D eigenvalue weighted by Gasteiger charge is -2.17. The van der Waals surface area contributed by atoms with Gasteiger partial charge in [0.05, 0.1) is 0 Å². The minimum absolute atomic E-state index is 0.711. The molecule has 7 heteroatoms. The Morgan fingerprint density at radius 3 is 0.973 bits per heavy atom. The molecular formula is C30H39BO3S3. The summed E-state index contributed by atoms with van der Waals surface area (Å²) < 4.78 is 18.5. The third-order valence-electron chi connectivity index (χ3n) is 5.47. The fourth-order valence-corrected chi connectivity index (χ4v) is 6.24. The van der Waals surface area contributed by atoms with Gasteiger partial charge in [-0.15, -0.1) is 35.3 Å². The Morgan fingerprint density at radius 1 is 0.459 bits per heavy atom. The van der Waals surface area contributed by atoms with E-state index < -0.39 is 7.32 Å². The standard InChI is InChI=1S/C30H39BO3S3/c1-4-7-22-35-28-16-10-25(11-17-28)32-31(33-26-12-18-29(19-13-26)36-23-8-5-2)34-27-14-20-30(21-15-27)37-24-9-6-3/h10-21H,4-9,22-24H2,1-3H3. The maximum absolute atomic E-state index is 6.16. The Bertz CT molecular complexity index is 866. The summed E-state index contributed by atoms with van der Waals surface area (Å²) in [6.45, 7) is 6.65. The van der Waals surface area contributed by atoms with E-state index in [1.54, 1.807) is 0 Å². The van der Waals surface area contributed by atoms with Crippen molar-refractivity contribution in [2.24, 2.45) is 0 Å². The van der Waals surface area contributed by atoms with E-state index >= 15 is 0 Å². The van der Waals surface area contributed by atoms with Crippen LogP contribution < -0.4 is 14.0 Å². The molecule has 0 saturated carbocycles. The van der Waals surface area contributed by atoms with Gasteiger partial charge in [-0.25, -0.2) is 0 Å². The smallest absolute Gasteiger partial charge is 0.490 e. The second-order valence-electron chi connectivity index (χ2n) is 8.66. The van der Waals surface area contributed by atoms with E-state index in [0.29, 0.717) is 17.2 Å². The number of unbranched alkanes of at least 4 members (excludes halogenated alkanes) is 3. The van der Waals surface area contributed by atoms with E-state index in [0.717, 1.165) is 17.3 Å². The number of hydrogen-bond acceptors (Lipinski definition) is 6. The first-order chi connectivity index (χ1) is 18.2. The van der Waals surface area contributed by atoms with Crippen LogP contribution in [0.15, 0.2) is 87.5 Å². The van der Waals surface area contributed by atoms with Crippen molar-refractivity contribution >= 4 is 42.6 Å². The first kappa shape index (κ1) is 29.7. The van der Waals surface area contributed by atoms with Crippen molar-refractivity contribution in [2.45, 2.75) is 74.0 Å². The molecule has 0 spiro atoms. The zero-order valence-electron chi connectivity index (χ0n) is 22.3. The van der Waals surface area contributed by atoms with E-state index in [2.05, 4.69) is 57.2 Å². The van der Waals surface area contributed by atoms with Crippen LogP contribution in [0.2, 0.25) is 0 Å². The summed E-state index contributed by atoms with van der Waals surface area (Å²) in [6.07, 6.45) is 7.29. The topological polar surface area (TPSA) is 27.7 Å². The predicted molar refractivity (Wildman–Crippen MR) is 164 cm³/mol. The normalized spacial score (nSPS) is 10.8. The zero-order chi connectivity index (χ0) is 26.1. The third-order valence-corrected chi connectivity index (χ3v) is 8.76. The van der Waals surface area contributed by atoms with Gasteiger partial charge in [-0.1, -0.05) is 40.0 Å². The fraction of sp³-hybridized carbons (Fsp3) is 0.400. The van der Waals surface area contributed by atoms with Gasteiger partial charge in [-0.05, 0) is 109 Å². The van der Waals surface area contributed by atoms with Crippen LogP contribution in [-0.2, 0) is 0 Å². The van der Waals surface area contributed by atoms with Gasteiger partial charge in [-0.2, -0.15) is 0 Å². The molecule has 0 N–H and O–H groups in total. The lowest BCUT2D eigenvalue weighted by atomic mass is 10.2. The highest BCUT2D eigenvalue weighted by Gasteiger charge is 2.30.